The van der Waals surface area contributed by atoms with E-state index in [4.69, 9.17) is 0 Å². The number of aryl methyl sites for hydroxylation is 1. The molecule has 0 aliphatic carbocycles. The lowest BCUT2D eigenvalue weighted by atomic mass is 10.1. The minimum absolute atomic E-state index is 0.404. The first-order chi connectivity index (χ1) is 10.6. The van der Waals surface area contributed by atoms with Crippen LogP contribution in [0, 0.1) is 0 Å². The van der Waals surface area contributed by atoms with E-state index in [9.17, 15) is 9.59 Å². The van der Waals surface area contributed by atoms with Gasteiger partial charge in [0.15, 0.2) is 0 Å². The van der Waals surface area contributed by atoms with Gasteiger partial charge in [0.2, 0.25) is 0 Å². The Morgan fingerprint density at radius 2 is 1.82 bits per heavy atom. The van der Waals surface area contributed by atoms with E-state index < -0.39 is 11.2 Å². The SMILES string of the molecule is CCCCCCc1ccc(Nc2cc(=O)[nH]c(=O)n2C)cc1. The summed E-state index contributed by atoms with van der Waals surface area (Å²) in [5.74, 6) is 0.476. The summed E-state index contributed by atoms with van der Waals surface area (Å²) in [5.41, 5.74) is 1.33. The topological polar surface area (TPSA) is 66.9 Å². The fourth-order valence-electron chi connectivity index (χ4n) is 2.33. The van der Waals surface area contributed by atoms with Crippen molar-refractivity contribution in [3.05, 3.63) is 56.7 Å². The number of nitrogens with zero attached hydrogens (tertiary/aromatic N) is 1. The van der Waals surface area contributed by atoms with Gasteiger partial charge in [-0.2, -0.15) is 0 Å². The maximum atomic E-state index is 11.5. The van der Waals surface area contributed by atoms with E-state index in [0.29, 0.717) is 5.82 Å². The molecule has 0 aliphatic rings. The van der Waals surface area contributed by atoms with E-state index in [1.165, 1.54) is 41.9 Å². The van der Waals surface area contributed by atoms with Crippen molar-refractivity contribution >= 4 is 11.5 Å². The fourth-order valence-corrected chi connectivity index (χ4v) is 2.33. The number of hydrogen-bond donors (Lipinski definition) is 2. The molecule has 2 aromatic rings. The third-order valence-corrected chi connectivity index (χ3v) is 3.71. The van der Waals surface area contributed by atoms with Crippen molar-refractivity contribution in [3.8, 4) is 0 Å². The number of H-pyrrole nitrogens is 1. The fraction of sp³-hybridized carbons (Fsp3) is 0.412. The molecule has 0 saturated heterocycles. The predicted molar refractivity (Wildman–Crippen MR) is 89.9 cm³/mol. The lowest BCUT2D eigenvalue weighted by molar-refractivity contribution is 0.667. The average Bonchev–Trinajstić information content (AvgIpc) is 2.50. The molecule has 2 rings (SSSR count). The molecule has 1 aromatic heterocycles. The highest BCUT2D eigenvalue weighted by molar-refractivity contribution is 5.56. The van der Waals surface area contributed by atoms with Gasteiger partial charge >= 0.3 is 5.69 Å². The Bertz CT molecular complexity index is 714. The van der Waals surface area contributed by atoms with Crippen LogP contribution in [0.4, 0.5) is 11.5 Å². The molecule has 0 atom stereocenters. The molecular weight excluding hydrogens is 278 g/mol. The summed E-state index contributed by atoms with van der Waals surface area (Å²) in [6, 6.07) is 9.49. The number of nitrogens with one attached hydrogen (secondary N) is 2. The number of anilines is 2. The molecule has 0 bridgehead atoms. The van der Waals surface area contributed by atoms with Crippen LogP contribution in [0.2, 0.25) is 0 Å². The van der Waals surface area contributed by atoms with Gasteiger partial charge in [-0.15, -0.1) is 0 Å². The number of aromatic nitrogens is 2. The standard InChI is InChI=1S/C17H23N3O2/c1-3-4-5-6-7-13-8-10-14(11-9-13)18-15-12-16(21)19-17(22)20(15)2/h8-12,18H,3-7H2,1-2H3,(H,19,21,22). The maximum Gasteiger partial charge on any atom is 0.329 e. The van der Waals surface area contributed by atoms with E-state index in [2.05, 4.69) is 29.4 Å². The minimum Gasteiger partial charge on any atom is -0.341 e. The molecule has 1 heterocycles. The highest BCUT2D eigenvalue weighted by atomic mass is 16.2. The van der Waals surface area contributed by atoms with Crippen LogP contribution >= 0.6 is 0 Å². The minimum atomic E-state index is -0.428. The summed E-state index contributed by atoms with van der Waals surface area (Å²) in [6.45, 7) is 2.21. The Morgan fingerprint density at radius 1 is 1.09 bits per heavy atom. The third kappa shape index (κ3) is 4.35. The summed E-state index contributed by atoms with van der Waals surface area (Å²) >= 11 is 0. The van der Waals surface area contributed by atoms with Crippen molar-refractivity contribution in [2.24, 2.45) is 7.05 Å². The lowest BCUT2D eigenvalue weighted by Crippen LogP contribution is -2.29. The van der Waals surface area contributed by atoms with E-state index >= 15 is 0 Å². The third-order valence-electron chi connectivity index (χ3n) is 3.71. The Morgan fingerprint density at radius 3 is 2.50 bits per heavy atom. The van der Waals surface area contributed by atoms with Gasteiger partial charge in [-0.05, 0) is 30.5 Å². The summed E-state index contributed by atoms with van der Waals surface area (Å²) in [5, 5.41) is 3.10. The van der Waals surface area contributed by atoms with Gasteiger partial charge in [-0.25, -0.2) is 4.79 Å². The molecule has 22 heavy (non-hydrogen) atoms. The lowest BCUT2D eigenvalue weighted by Gasteiger charge is -2.10. The number of aromatic amines is 1. The average molecular weight is 301 g/mol. The van der Waals surface area contributed by atoms with Gasteiger partial charge in [-0.1, -0.05) is 38.3 Å². The molecule has 0 aliphatic heterocycles. The molecular formula is C17H23N3O2. The van der Waals surface area contributed by atoms with Crippen LogP contribution in [0.3, 0.4) is 0 Å². The summed E-state index contributed by atoms with van der Waals surface area (Å²) < 4.78 is 1.38. The highest BCUT2D eigenvalue weighted by Gasteiger charge is 2.03. The van der Waals surface area contributed by atoms with Crippen molar-refractivity contribution in [3.63, 3.8) is 0 Å². The highest BCUT2D eigenvalue weighted by Crippen LogP contribution is 2.16. The zero-order valence-electron chi connectivity index (χ0n) is 13.2. The zero-order chi connectivity index (χ0) is 15.9. The first-order valence-corrected chi connectivity index (χ1v) is 7.76. The number of rotatable bonds is 7. The first kappa shape index (κ1) is 16.1. The van der Waals surface area contributed by atoms with Crippen molar-refractivity contribution in [2.75, 3.05) is 5.32 Å². The van der Waals surface area contributed by atoms with Crippen molar-refractivity contribution in [2.45, 2.75) is 39.0 Å². The van der Waals surface area contributed by atoms with Crippen LogP contribution in [-0.4, -0.2) is 9.55 Å². The van der Waals surface area contributed by atoms with E-state index in [-0.39, 0.29) is 0 Å². The number of benzene rings is 1. The van der Waals surface area contributed by atoms with Crippen LogP contribution in [0.15, 0.2) is 39.9 Å². The zero-order valence-corrected chi connectivity index (χ0v) is 13.2. The molecule has 0 unspecified atom stereocenters. The molecule has 118 valence electrons. The monoisotopic (exact) mass is 301 g/mol. The van der Waals surface area contributed by atoms with Crippen LogP contribution in [0.5, 0.6) is 0 Å². The van der Waals surface area contributed by atoms with Gasteiger partial charge in [0.1, 0.15) is 5.82 Å². The van der Waals surface area contributed by atoms with Crippen LogP contribution < -0.4 is 16.6 Å². The van der Waals surface area contributed by atoms with Crippen LogP contribution in [0.25, 0.3) is 0 Å². The summed E-state index contributed by atoms with van der Waals surface area (Å²) in [4.78, 5) is 25.1. The molecule has 0 saturated carbocycles. The Kier molecular flexibility index (Phi) is 5.58. The van der Waals surface area contributed by atoms with Crippen LogP contribution in [0.1, 0.15) is 38.2 Å². The Balaban J connectivity index is 2.02. The molecule has 5 nitrogen and oxygen atoms in total. The van der Waals surface area contributed by atoms with E-state index in [1.807, 2.05) is 12.1 Å². The maximum absolute atomic E-state index is 11.5. The van der Waals surface area contributed by atoms with E-state index in [1.54, 1.807) is 7.05 Å². The van der Waals surface area contributed by atoms with Gasteiger partial charge < -0.3 is 5.32 Å². The molecule has 0 radical (unpaired) electrons. The Labute approximate surface area is 130 Å². The van der Waals surface area contributed by atoms with Gasteiger partial charge in [0, 0.05) is 18.8 Å². The molecule has 0 fully saturated rings. The van der Waals surface area contributed by atoms with Gasteiger partial charge in [-0.3, -0.25) is 14.3 Å². The van der Waals surface area contributed by atoms with Crippen LogP contribution in [-0.2, 0) is 13.5 Å². The van der Waals surface area contributed by atoms with Gasteiger partial charge in [0.05, 0.1) is 0 Å². The summed E-state index contributed by atoms with van der Waals surface area (Å²) in [6.07, 6.45) is 6.10. The quantitative estimate of drug-likeness (QED) is 0.773. The van der Waals surface area contributed by atoms with Gasteiger partial charge in [0.25, 0.3) is 5.56 Å². The summed E-state index contributed by atoms with van der Waals surface area (Å²) in [7, 11) is 1.61. The number of hydrogen-bond acceptors (Lipinski definition) is 3. The second-order valence-corrected chi connectivity index (χ2v) is 5.52. The molecule has 2 N–H and O–H groups in total. The van der Waals surface area contributed by atoms with Crippen molar-refractivity contribution in [1.29, 1.82) is 0 Å². The first-order valence-electron chi connectivity index (χ1n) is 7.76. The second kappa shape index (κ2) is 7.64. The molecule has 1 aromatic carbocycles. The Hall–Kier alpha value is -2.30. The molecule has 0 amide bonds. The van der Waals surface area contributed by atoms with E-state index in [0.717, 1.165) is 12.1 Å². The normalized spacial score (nSPS) is 10.6. The second-order valence-electron chi connectivity index (χ2n) is 5.52. The largest absolute Gasteiger partial charge is 0.341 e. The predicted octanol–water partition coefficient (Wildman–Crippen LogP) is 2.94. The van der Waals surface area contributed by atoms with Crippen molar-refractivity contribution < 1.29 is 0 Å². The molecule has 0 spiro atoms. The smallest absolute Gasteiger partial charge is 0.329 e. The molecule has 5 heteroatoms. The van der Waals surface area contributed by atoms with Crippen molar-refractivity contribution in [1.82, 2.24) is 9.55 Å². The number of unbranched alkanes of at least 4 members (excludes halogenated alkanes) is 3.